The monoisotopic (exact) mass is 510 g/mol. The van der Waals surface area contributed by atoms with Crippen LogP contribution in [0.15, 0.2) is 71.7 Å². The molecular weight excluding hydrogens is 476 g/mol. The highest BCUT2D eigenvalue weighted by Gasteiger charge is 2.29. The van der Waals surface area contributed by atoms with E-state index in [0.717, 1.165) is 24.8 Å². The van der Waals surface area contributed by atoms with E-state index in [-0.39, 0.29) is 23.2 Å². The average Bonchev–Trinajstić information content (AvgIpc) is 2.89. The maximum atomic E-state index is 13.5. The molecule has 0 spiro atoms. The minimum atomic E-state index is -3.44. The molecule has 1 aliphatic heterocycles. The third-order valence-corrected chi connectivity index (χ3v) is 8.21. The maximum absolute atomic E-state index is 13.5. The number of para-hydroxylation sites is 1. The van der Waals surface area contributed by atoms with Crippen LogP contribution in [0.3, 0.4) is 0 Å². The van der Waals surface area contributed by atoms with E-state index < -0.39 is 10.0 Å². The number of sulfonamides is 1. The van der Waals surface area contributed by atoms with Gasteiger partial charge in [-0.15, -0.1) is 0 Å². The number of nitrogens with zero attached hydrogens (tertiary/aromatic N) is 4. The van der Waals surface area contributed by atoms with E-state index >= 15 is 0 Å². The molecule has 2 heterocycles. The summed E-state index contributed by atoms with van der Waals surface area (Å²) in [4.78, 5) is 15.5. The lowest BCUT2D eigenvalue weighted by Crippen LogP contribution is -2.49. The van der Waals surface area contributed by atoms with Crippen molar-refractivity contribution in [1.29, 1.82) is 0 Å². The fraction of sp³-hybridized carbons (Fsp3) is 0.407. The average molecular weight is 511 g/mol. The summed E-state index contributed by atoms with van der Waals surface area (Å²) >= 11 is 0. The number of hydrogen-bond donors (Lipinski definition) is 0. The van der Waals surface area contributed by atoms with Gasteiger partial charge in [0, 0.05) is 26.2 Å². The smallest absolute Gasteiger partial charge is 0.316 e. The number of unbranched alkanes of at least 4 members (excludes halogenated alkanes) is 1. The van der Waals surface area contributed by atoms with Gasteiger partial charge in [-0.05, 0) is 31.0 Å². The molecule has 1 atom stereocenters. The number of aromatic nitrogens is 2. The summed E-state index contributed by atoms with van der Waals surface area (Å²) in [7, 11) is -3.44. The summed E-state index contributed by atoms with van der Waals surface area (Å²) in [6.07, 6.45) is 4.42. The Balaban J connectivity index is 1.56. The molecule has 0 amide bonds. The van der Waals surface area contributed by atoms with Crippen LogP contribution in [-0.2, 0) is 15.8 Å². The Morgan fingerprint density at radius 3 is 2.25 bits per heavy atom. The van der Waals surface area contributed by atoms with Gasteiger partial charge in [0.15, 0.2) is 0 Å². The first kappa shape index (κ1) is 25.9. The van der Waals surface area contributed by atoms with E-state index in [2.05, 4.69) is 12.0 Å². The van der Waals surface area contributed by atoms with Crippen molar-refractivity contribution in [2.45, 2.75) is 45.0 Å². The molecule has 0 aliphatic carbocycles. The van der Waals surface area contributed by atoms with Gasteiger partial charge >= 0.3 is 5.56 Å². The number of ether oxygens (including phenoxy) is 1. The Hall–Kier alpha value is -3.17. The van der Waals surface area contributed by atoms with Gasteiger partial charge in [0.1, 0.15) is 5.69 Å². The van der Waals surface area contributed by atoms with Crippen molar-refractivity contribution >= 4 is 15.7 Å². The Labute approximate surface area is 213 Å². The third kappa shape index (κ3) is 6.14. The van der Waals surface area contributed by atoms with Crippen LogP contribution < -0.4 is 15.2 Å². The fourth-order valence-corrected chi connectivity index (χ4v) is 5.87. The van der Waals surface area contributed by atoms with Crippen molar-refractivity contribution < 1.29 is 13.2 Å². The first-order chi connectivity index (χ1) is 17.4. The Bertz CT molecular complexity index is 1290. The van der Waals surface area contributed by atoms with Gasteiger partial charge in [0.25, 0.3) is 0 Å². The standard InChI is InChI=1S/C27H34N4O4S/c1-3-4-11-22(2)35-26-25(20-28-31(27(26)32)24-14-9-6-10-15-24)29-16-18-30(19-17-29)36(33,34)21-23-12-7-5-8-13-23/h5-10,12-15,20,22H,3-4,11,16-19,21H2,1-2H3/t22-/m0/s1. The molecular formula is C27H34N4O4S. The van der Waals surface area contributed by atoms with Gasteiger partial charge in [-0.1, -0.05) is 68.3 Å². The van der Waals surface area contributed by atoms with Gasteiger partial charge in [-0.25, -0.2) is 8.42 Å². The number of hydrogen-bond acceptors (Lipinski definition) is 6. The lowest BCUT2D eigenvalue weighted by Gasteiger charge is -2.36. The van der Waals surface area contributed by atoms with E-state index in [9.17, 15) is 13.2 Å². The van der Waals surface area contributed by atoms with Crippen LogP contribution in [0.4, 0.5) is 5.69 Å². The van der Waals surface area contributed by atoms with Crippen LogP contribution in [0.2, 0.25) is 0 Å². The summed E-state index contributed by atoms with van der Waals surface area (Å²) < 4.78 is 35.1. The zero-order chi connectivity index (χ0) is 25.5. The molecule has 0 saturated carbocycles. The van der Waals surface area contributed by atoms with Crippen molar-refractivity contribution in [3.05, 3.63) is 82.8 Å². The second kappa shape index (κ2) is 11.7. The molecule has 0 N–H and O–H groups in total. The molecule has 2 aromatic carbocycles. The summed E-state index contributed by atoms with van der Waals surface area (Å²) in [6.45, 7) is 5.66. The highest BCUT2D eigenvalue weighted by atomic mass is 32.2. The Morgan fingerprint density at radius 2 is 1.61 bits per heavy atom. The van der Waals surface area contributed by atoms with Gasteiger partial charge < -0.3 is 9.64 Å². The Morgan fingerprint density at radius 1 is 0.972 bits per heavy atom. The number of piperazine rings is 1. The third-order valence-electron chi connectivity index (χ3n) is 6.36. The van der Waals surface area contributed by atoms with Crippen LogP contribution in [0.1, 0.15) is 38.7 Å². The number of benzene rings is 2. The SMILES string of the molecule is CCCC[C@H](C)Oc1c(N2CCN(S(=O)(=O)Cc3ccccc3)CC2)cnn(-c2ccccc2)c1=O. The second-order valence-corrected chi connectivity index (χ2v) is 11.1. The molecule has 0 unspecified atom stereocenters. The summed E-state index contributed by atoms with van der Waals surface area (Å²) in [5.74, 6) is 0.240. The quantitative estimate of drug-likeness (QED) is 0.412. The van der Waals surface area contributed by atoms with Crippen LogP contribution in [0.25, 0.3) is 5.69 Å². The minimum absolute atomic E-state index is 0.0220. The van der Waals surface area contributed by atoms with Crippen molar-refractivity contribution in [1.82, 2.24) is 14.1 Å². The van der Waals surface area contributed by atoms with Crippen molar-refractivity contribution in [3.8, 4) is 11.4 Å². The Kier molecular flexibility index (Phi) is 8.43. The molecule has 4 rings (SSSR count). The first-order valence-corrected chi connectivity index (χ1v) is 14.1. The van der Waals surface area contributed by atoms with Crippen LogP contribution in [0, 0.1) is 0 Å². The van der Waals surface area contributed by atoms with E-state index in [0.29, 0.717) is 37.6 Å². The zero-order valence-corrected chi connectivity index (χ0v) is 21.7. The molecule has 36 heavy (non-hydrogen) atoms. The van der Waals surface area contributed by atoms with Crippen molar-refractivity contribution in [2.24, 2.45) is 0 Å². The molecule has 8 nitrogen and oxygen atoms in total. The fourth-order valence-electron chi connectivity index (χ4n) is 4.35. The summed E-state index contributed by atoms with van der Waals surface area (Å²) in [5.41, 5.74) is 1.72. The first-order valence-electron chi connectivity index (χ1n) is 12.5. The van der Waals surface area contributed by atoms with Gasteiger partial charge in [-0.3, -0.25) is 4.79 Å². The molecule has 1 aromatic heterocycles. The van der Waals surface area contributed by atoms with Crippen LogP contribution in [-0.4, -0.2) is 54.8 Å². The zero-order valence-electron chi connectivity index (χ0n) is 20.9. The summed E-state index contributed by atoms with van der Waals surface area (Å²) in [5, 5.41) is 4.43. The second-order valence-electron chi connectivity index (χ2n) is 9.11. The van der Waals surface area contributed by atoms with Crippen molar-refractivity contribution in [3.63, 3.8) is 0 Å². The maximum Gasteiger partial charge on any atom is 0.316 e. The molecule has 1 saturated heterocycles. The minimum Gasteiger partial charge on any atom is -0.483 e. The van der Waals surface area contributed by atoms with E-state index in [4.69, 9.17) is 4.74 Å². The van der Waals surface area contributed by atoms with E-state index in [1.54, 1.807) is 6.20 Å². The normalized spacial score (nSPS) is 15.6. The lowest BCUT2D eigenvalue weighted by atomic mass is 10.2. The van der Waals surface area contributed by atoms with Crippen LogP contribution in [0.5, 0.6) is 5.75 Å². The van der Waals surface area contributed by atoms with Crippen LogP contribution >= 0.6 is 0 Å². The van der Waals surface area contributed by atoms with E-state index in [1.165, 1.54) is 8.99 Å². The molecule has 0 bridgehead atoms. The molecule has 9 heteroatoms. The number of rotatable bonds is 10. The molecule has 0 radical (unpaired) electrons. The topological polar surface area (TPSA) is 84.7 Å². The van der Waals surface area contributed by atoms with E-state index in [1.807, 2.05) is 72.5 Å². The predicted octanol–water partition coefficient (Wildman–Crippen LogP) is 3.84. The molecule has 3 aromatic rings. The predicted molar refractivity (Wildman–Crippen MR) is 142 cm³/mol. The largest absolute Gasteiger partial charge is 0.483 e. The van der Waals surface area contributed by atoms with Gasteiger partial charge in [0.05, 0.1) is 23.7 Å². The van der Waals surface area contributed by atoms with Gasteiger partial charge in [-0.2, -0.15) is 14.1 Å². The highest BCUT2D eigenvalue weighted by Crippen LogP contribution is 2.28. The lowest BCUT2D eigenvalue weighted by molar-refractivity contribution is 0.203. The summed E-state index contributed by atoms with van der Waals surface area (Å²) in [6, 6.07) is 18.5. The molecule has 1 aliphatic rings. The van der Waals surface area contributed by atoms with Gasteiger partial charge in [0.2, 0.25) is 15.8 Å². The number of anilines is 1. The van der Waals surface area contributed by atoms with Crippen molar-refractivity contribution in [2.75, 3.05) is 31.1 Å². The molecule has 192 valence electrons. The molecule has 1 fully saturated rings. The highest BCUT2D eigenvalue weighted by molar-refractivity contribution is 7.88.